The molecule has 1 atom stereocenters. The van der Waals surface area contributed by atoms with Crippen molar-refractivity contribution in [3.63, 3.8) is 0 Å². The average molecular weight is 340 g/mol. The van der Waals surface area contributed by atoms with Crippen LogP contribution in [0.4, 0.5) is 0 Å². The number of carbonyl (C=O) groups excluding carboxylic acids is 1. The van der Waals surface area contributed by atoms with E-state index in [0.717, 1.165) is 17.1 Å². The average Bonchev–Trinajstić information content (AvgIpc) is 2.57. The third kappa shape index (κ3) is 6.71. The molecule has 1 aromatic carbocycles. The number of benzene rings is 1. The van der Waals surface area contributed by atoms with Gasteiger partial charge in [0.15, 0.2) is 11.5 Å². The number of ether oxygens (including phenoxy) is 2. The van der Waals surface area contributed by atoms with Crippen LogP contribution in [0.15, 0.2) is 18.2 Å². The molecule has 0 fully saturated rings. The van der Waals surface area contributed by atoms with Crippen molar-refractivity contribution in [3.8, 4) is 11.5 Å². The molecule has 0 bridgehead atoms. The molecule has 0 saturated carbocycles. The van der Waals surface area contributed by atoms with E-state index in [4.69, 9.17) is 9.47 Å². The summed E-state index contributed by atoms with van der Waals surface area (Å²) in [5.74, 6) is 3.52. The van der Waals surface area contributed by atoms with Gasteiger partial charge in [0.2, 0.25) is 5.91 Å². The number of hydrogen-bond donors (Lipinski definition) is 1. The summed E-state index contributed by atoms with van der Waals surface area (Å²) in [5.41, 5.74) is 0.980. The predicted molar refractivity (Wildman–Crippen MR) is 96.5 cm³/mol. The number of rotatable bonds is 10. The number of nitrogens with one attached hydrogen (secondary N) is 1. The molecule has 0 radical (unpaired) electrons. The highest BCUT2D eigenvalue weighted by Gasteiger charge is 2.13. The Hall–Kier alpha value is -1.40. The number of methoxy groups -OCH3 is 2. The van der Waals surface area contributed by atoms with Crippen molar-refractivity contribution in [1.82, 2.24) is 10.2 Å². The maximum Gasteiger partial charge on any atom is 0.234 e. The third-order valence-corrected chi connectivity index (χ3v) is 4.77. The first-order valence-corrected chi connectivity index (χ1v) is 8.92. The van der Waals surface area contributed by atoms with Crippen LogP contribution in [0.3, 0.4) is 0 Å². The molecule has 1 amide bonds. The van der Waals surface area contributed by atoms with Gasteiger partial charge in [0, 0.05) is 18.3 Å². The highest BCUT2D eigenvalue weighted by atomic mass is 32.2. The first-order chi connectivity index (χ1) is 11.0. The van der Waals surface area contributed by atoms with Gasteiger partial charge in [-0.3, -0.25) is 9.69 Å². The first kappa shape index (κ1) is 19.6. The van der Waals surface area contributed by atoms with Gasteiger partial charge in [-0.05, 0) is 37.4 Å². The zero-order chi connectivity index (χ0) is 17.2. The fourth-order valence-corrected chi connectivity index (χ4v) is 2.88. The smallest absolute Gasteiger partial charge is 0.234 e. The molecule has 23 heavy (non-hydrogen) atoms. The van der Waals surface area contributed by atoms with Gasteiger partial charge < -0.3 is 14.8 Å². The molecule has 0 heterocycles. The van der Waals surface area contributed by atoms with Gasteiger partial charge in [0.25, 0.3) is 0 Å². The van der Waals surface area contributed by atoms with Gasteiger partial charge in [-0.2, -0.15) is 11.8 Å². The summed E-state index contributed by atoms with van der Waals surface area (Å²) >= 11 is 1.89. The van der Waals surface area contributed by atoms with E-state index in [1.54, 1.807) is 14.2 Å². The van der Waals surface area contributed by atoms with Crippen LogP contribution in [0.25, 0.3) is 0 Å². The first-order valence-electron chi connectivity index (χ1n) is 7.77. The molecule has 0 saturated heterocycles. The molecule has 130 valence electrons. The molecule has 1 unspecified atom stereocenters. The van der Waals surface area contributed by atoms with E-state index < -0.39 is 0 Å². The largest absolute Gasteiger partial charge is 0.493 e. The monoisotopic (exact) mass is 340 g/mol. The van der Waals surface area contributed by atoms with Crippen molar-refractivity contribution in [2.75, 3.05) is 39.3 Å². The zero-order valence-electron chi connectivity index (χ0n) is 14.7. The van der Waals surface area contributed by atoms with Crippen molar-refractivity contribution >= 4 is 17.7 Å². The molecule has 0 spiro atoms. The van der Waals surface area contributed by atoms with E-state index in [9.17, 15) is 4.79 Å². The van der Waals surface area contributed by atoms with Crippen molar-refractivity contribution in [2.24, 2.45) is 0 Å². The minimum Gasteiger partial charge on any atom is -0.493 e. The van der Waals surface area contributed by atoms with Gasteiger partial charge in [0.1, 0.15) is 0 Å². The lowest BCUT2D eigenvalue weighted by atomic mass is 10.2. The van der Waals surface area contributed by atoms with Gasteiger partial charge in [-0.15, -0.1) is 0 Å². The third-order valence-electron chi connectivity index (χ3n) is 3.65. The summed E-state index contributed by atoms with van der Waals surface area (Å²) in [7, 11) is 5.19. The Morgan fingerprint density at radius 3 is 2.61 bits per heavy atom. The van der Waals surface area contributed by atoms with Crippen LogP contribution >= 0.6 is 11.8 Å². The number of thioether (sulfide) groups is 1. The molecule has 1 aromatic rings. The van der Waals surface area contributed by atoms with Crippen molar-refractivity contribution in [3.05, 3.63) is 23.8 Å². The summed E-state index contributed by atoms with van der Waals surface area (Å²) in [5, 5.41) is 2.95. The quantitative estimate of drug-likeness (QED) is 0.709. The molecule has 1 N–H and O–H groups in total. The second-order valence-electron chi connectivity index (χ2n) is 5.39. The molecule has 0 aromatic heterocycles. The SMILES string of the molecule is CCSCC(C)N(C)CC(=O)NCc1ccc(OC)c(OC)c1. The minimum absolute atomic E-state index is 0.0237. The Morgan fingerprint density at radius 1 is 1.30 bits per heavy atom. The number of carbonyl (C=O) groups is 1. The van der Waals surface area contributed by atoms with Crippen LogP contribution in [0, 0.1) is 0 Å². The minimum atomic E-state index is 0.0237. The molecular weight excluding hydrogens is 312 g/mol. The maximum absolute atomic E-state index is 12.1. The number of amides is 1. The molecular formula is C17H28N2O3S. The summed E-state index contributed by atoms with van der Waals surface area (Å²) in [4.78, 5) is 14.1. The highest BCUT2D eigenvalue weighted by Crippen LogP contribution is 2.27. The molecule has 5 nitrogen and oxygen atoms in total. The van der Waals surface area contributed by atoms with Crippen molar-refractivity contribution in [2.45, 2.75) is 26.4 Å². The van der Waals surface area contributed by atoms with Crippen LogP contribution < -0.4 is 14.8 Å². The Morgan fingerprint density at radius 2 is 2.00 bits per heavy atom. The van der Waals surface area contributed by atoms with Gasteiger partial charge >= 0.3 is 0 Å². The van der Waals surface area contributed by atoms with Crippen LogP contribution in [-0.2, 0) is 11.3 Å². The summed E-state index contributed by atoms with van der Waals surface area (Å²) < 4.78 is 10.5. The Balaban J connectivity index is 2.46. The van der Waals surface area contributed by atoms with Crippen LogP contribution in [0.5, 0.6) is 11.5 Å². The fourth-order valence-electron chi connectivity index (χ4n) is 2.05. The number of likely N-dealkylation sites (N-methyl/N-ethyl adjacent to an activating group) is 1. The number of nitrogens with zero attached hydrogens (tertiary/aromatic N) is 1. The van der Waals surface area contributed by atoms with E-state index >= 15 is 0 Å². The summed E-state index contributed by atoms with van der Waals surface area (Å²) in [6, 6.07) is 6.03. The summed E-state index contributed by atoms with van der Waals surface area (Å²) in [6.45, 7) is 5.17. The molecule has 1 rings (SSSR count). The van der Waals surface area contributed by atoms with E-state index in [1.807, 2.05) is 37.0 Å². The van der Waals surface area contributed by atoms with Crippen molar-refractivity contribution in [1.29, 1.82) is 0 Å². The van der Waals surface area contributed by atoms with Crippen LogP contribution in [-0.4, -0.2) is 56.2 Å². The highest BCUT2D eigenvalue weighted by molar-refractivity contribution is 7.99. The second kappa shape index (κ2) is 10.4. The Kier molecular flexibility index (Phi) is 8.87. The normalized spacial score (nSPS) is 12.1. The lowest BCUT2D eigenvalue weighted by Gasteiger charge is -2.23. The standard InChI is InChI=1S/C17H28N2O3S/c1-6-23-12-13(2)19(3)11-17(20)18-10-14-7-8-15(21-4)16(9-14)22-5/h7-9,13H,6,10-12H2,1-5H3,(H,18,20). The van der Waals surface area contributed by atoms with Gasteiger partial charge in [-0.25, -0.2) is 0 Å². The van der Waals surface area contributed by atoms with Gasteiger partial charge in [0.05, 0.1) is 20.8 Å². The number of hydrogen-bond acceptors (Lipinski definition) is 5. The predicted octanol–water partition coefficient (Wildman–Crippen LogP) is 2.39. The Labute approximate surface area is 143 Å². The molecule has 0 aliphatic heterocycles. The topological polar surface area (TPSA) is 50.8 Å². The van der Waals surface area contributed by atoms with E-state index in [2.05, 4.69) is 24.1 Å². The maximum atomic E-state index is 12.1. The van der Waals surface area contributed by atoms with E-state index in [-0.39, 0.29) is 5.91 Å². The molecule has 0 aliphatic carbocycles. The molecule has 0 aliphatic rings. The summed E-state index contributed by atoms with van der Waals surface area (Å²) in [6.07, 6.45) is 0. The Bertz CT molecular complexity index is 497. The van der Waals surface area contributed by atoms with Crippen molar-refractivity contribution < 1.29 is 14.3 Å². The lowest BCUT2D eigenvalue weighted by molar-refractivity contribution is -0.122. The van der Waals surface area contributed by atoms with Crippen LogP contribution in [0.1, 0.15) is 19.4 Å². The fraction of sp³-hybridized carbons (Fsp3) is 0.588. The molecule has 6 heteroatoms. The lowest BCUT2D eigenvalue weighted by Crippen LogP contribution is -2.40. The second-order valence-corrected chi connectivity index (χ2v) is 6.71. The van der Waals surface area contributed by atoms with Crippen LogP contribution in [0.2, 0.25) is 0 Å². The van der Waals surface area contributed by atoms with E-state index in [0.29, 0.717) is 30.6 Å². The zero-order valence-corrected chi connectivity index (χ0v) is 15.5. The van der Waals surface area contributed by atoms with E-state index in [1.165, 1.54) is 0 Å². The van der Waals surface area contributed by atoms with Gasteiger partial charge in [-0.1, -0.05) is 13.0 Å².